The molecule has 31 heavy (non-hydrogen) atoms. The van der Waals surface area contributed by atoms with E-state index in [0.29, 0.717) is 31.3 Å². The summed E-state index contributed by atoms with van der Waals surface area (Å²) in [5, 5.41) is 10.8. The van der Waals surface area contributed by atoms with Crippen LogP contribution in [-0.2, 0) is 0 Å². The molecule has 3 heterocycles. The Labute approximate surface area is 178 Å². The normalized spacial score (nSPS) is 18.8. The van der Waals surface area contributed by atoms with E-state index in [1.54, 1.807) is 13.0 Å². The quantitative estimate of drug-likeness (QED) is 0.673. The maximum Gasteiger partial charge on any atom is 0.253 e. The largest absolute Gasteiger partial charge is 0.352 e. The molecule has 1 fully saturated rings. The van der Waals surface area contributed by atoms with Gasteiger partial charge in [-0.15, -0.1) is 4.80 Å². The monoisotopic (exact) mass is 427 g/mol. The number of hydrogen-bond donors (Lipinski definition) is 1. The van der Waals surface area contributed by atoms with Gasteiger partial charge < -0.3 is 10.2 Å². The van der Waals surface area contributed by atoms with Crippen LogP contribution >= 0.6 is 0 Å². The third-order valence-corrected chi connectivity index (χ3v) is 5.65. The number of carbonyl (C=O) groups is 1. The standard InChI is InChI=1S/C21H23F2N7O/c1-13-12-29(21-25-11-18(23)14(2)28-21)9-6-15(13)10-24-20(31)16-4-3-5-17(22)19(16)30-26-7-8-27-30/h3-5,7-8,11,13,15H,6,9-10,12H2,1-2H3,(H,24,31). The van der Waals surface area contributed by atoms with E-state index >= 15 is 0 Å². The number of para-hydroxylation sites is 1. The molecule has 8 nitrogen and oxygen atoms in total. The van der Waals surface area contributed by atoms with Crippen molar-refractivity contribution in [2.45, 2.75) is 20.3 Å². The SMILES string of the molecule is Cc1nc(N2CCC(CNC(=O)c3cccc(F)c3-n3nccn3)C(C)C2)ncc1F. The molecule has 3 aromatic rings. The van der Waals surface area contributed by atoms with Crippen LogP contribution in [0.2, 0.25) is 0 Å². The summed E-state index contributed by atoms with van der Waals surface area (Å²) in [4.78, 5) is 24.3. The Morgan fingerprint density at radius 1 is 1.23 bits per heavy atom. The molecule has 0 radical (unpaired) electrons. The fourth-order valence-corrected chi connectivity index (χ4v) is 3.82. The first-order valence-corrected chi connectivity index (χ1v) is 10.1. The third-order valence-electron chi connectivity index (χ3n) is 5.65. The Bertz CT molecular complexity index is 1070. The number of rotatable bonds is 5. The molecule has 10 heteroatoms. The van der Waals surface area contributed by atoms with Gasteiger partial charge in [-0.1, -0.05) is 13.0 Å². The summed E-state index contributed by atoms with van der Waals surface area (Å²) in [6.45, 7) is 5.58. The van der Waals surface area contributed by atoms with Crippen LogP contribution in [-0.4, -0.2) is 50.5 Å². The van der Waals surface area contributed by atoms with E-state index in [1.807, 2.05) is 4.90 Å². The van der Waals surface area contributed by atoms with Crippen LogP contribution in [0.4, 0.5) is 14.7 Å². The maximum absolute atomic E-state index is 14.4. The van der Waals surface area contributed by atoms with Crippen molar-refractivity contribution < 1.29 is 13.6 Å². The van der Waals surface area contributed by atoms with Crippen molar-refractivity contribution in [3.8, 4) is 5.69 Å². The lowest BCUT2D eigenvalue weighted by atomic mass is 9.87. The van der Waals surface area contributed by atoms with Crippen molar-refractivity contribution >= 4 is 11.9 Å². The molecular weight excluding hydrogens is 404 g/mol. The summed E-state index contributed by atoms with van der Waals surface area (Å²) in [5.41, 5.74) is 0.526. The first-order chi connectivity index (χ1) is 14.9. The second-order valence-electron chi connectivity index (χ2n) is 7.74. The Balaban J connectivity index is 1.40. The van der Waals surface area contributed by atoms with Gasteiger partial charge in [-0.3, -0.25) is 4.79 Å². The average Bonchev–Trinajstić information content (AvgIpc) is 3.28. The molecule has 1 aliphatic rings. The van der Waals surface area contributed by atoms with Crippen molar-refractivity contribution in [1.82, 2.24) is 30.3 Å². The van der Waals surface area contributed by atoms with Crippen molar-refractivity contribution in [3.63, 3.8) is 0 Å². The molecule has 1 aromatic carbocycles. The van der Waals surface area contributed by atoms with Gasteiger partial charge in [0.05, 0.1) is 29.8 Å². The summed E-state index contributed by atoms with van der Waals surface area (Å²) in [6.07, 6.45) is 4.86. The van der Waals surface area contributed by atoms with Crippen molar-refractivity contribution in [2.24, 2.45) is 11.8 Å². The van der Waals surface area contributed by atoms with Crippen molar-refractivity contribution in [2.75, 3.05) is 24.5 Å². The van der Waals surface area contributed by atoms with E-state index in [4.69, 9.17) is 0 Å². The van der Waals surface area contributed by atoms with Crippen molar-refractivity contribution in [1.29, 1.82) is 0 Å². The number of nitrogens with one attached hydrogen (secondary N) is 1. The zero-order valence-electron chi connectivity index (χ0n) is 17.3. The second kappa shape index (κ2) is 8.75. The van der Waals surface area contributed by atoms with Gasteiger partial charge in [0.2, 0.25) is 5.95 Å². The highest BCUT2D eigenvalue weighted by atomic mass is 19.1. The van der Waals surface area contributed by atoms with Gasteiger partial charge in [0.1, 0.15) is 5.69 Å². The van der Waals surface area contributed by atoms with Gasteiger partial charge in [-0.05, 0) is 37.3 Å². The zero-order valence-corrected chi connectivity index (χ0v) is 17.3. The van der Waals surface area contributed by atoms with Gasteiger partial charge in [0.15, 0.2) is 11.6 Å². The van der Waals surface area contributed by atoms with Crippen LogP contribution in [0.3, 0.4) is 0 Å². The summed E-state index contributed by atoms with van der Waals surface area (Å²) in [6, 6.07) is 4.31. The van der Waals surface area contributed by atoms with Crippen LogP contribution in [0.1, 0.15) is 29.4 Å². The molecule has 1 aliphatic heterocycles. The molecule has 4 rings (SSSR count). The number of hydrogen-bond acceptors (Lipinski definition) is 6. The van der Waals surface area contributed by atoms with E-state index in [1.165, 1.54) is 30.7 Å². The highest BCUT2D eigenvalue weighted by Gasteiger charge is 2.28. The minimum Gasteiger partial charge on any atom is -0.352 e. The number of nitrogens with zero attached hydrogens (tertiary/aromatic N) is 6. The smallest absolute Gasteiger partial charge is 0.253 e. The molecular formula is C21H23F2N7O. The fraction of sp³-hybridized carbons (Fsp3) is 0.381. The number of aromatic nitrogens is 5. The molecule has 2 atom stereocenters. The number of aryl methyl sites for hydroxylation is 1. The van der Waals surface area contributed by atoms with Gasteiger partial charge >= 0.3 is 0 Å². The fourth-order valence-electron chi connectivity index (χ4n) is 3.82. The Hall–Kier alpha value is -3.43. The Morgan fingerprint density at radius 3 is 2.71 bits per heavy atom. The van der Waals surface area contributed by atoms with Gasteiger partial charge in [0.25, 0.3) is 5.91 Å². The van der Waals surface area contributed by atoms with E-state index in [-0.39, 0.29) is 29.0 Å². The van der Waals surface area contributed by atoms with Crippen LogP contribution in [0.15, 0.2) is 36.8 Å². The van der Waals surface area contributed by atoms with Crippen LogP contribution in [0.5, 0.6) is 0 Å². The molecule has 1 amide bonds. The van der Waals surface area contributed by atoms with Crippen molar-refractivity contribution in [3.05, 3.63) is 59.7 Å². The van der Waals surface area contributed by atoms with Crippen LogP contribution in [0.25, 0.3) is 5.69 Å². The summed E-state index contributed by atoms with van der Waals surface area (Å²) in [7, 11) is 0. The Kier molecular flexibility index (Phi) is 5.88. The van der Waals surface area contributed by atoms with Crippen LogP contribution < -0.4 is 10.2 Å². The number of benzene rings is 1. The highest BCUT2D eigenvalue weighted by molar-refractivity contribution is 5.97. The highest BCUT2D eigenvalue weighted by Crippen LogP contribution is 2.26. The Morgan fingerprint density at radius 2 is 2.00 bits per heavy atom. The van der Waals surface area contributed by atoms with E-state index < -0.39 is 11.6 Å². The number of anilines is 1. The number of carbonyl (C=O) groups excluding carboxylic acids is 1. The van der Waals surface area contributed by atoms with Gasteiger partial charge in [-0.2, -0.15) is 10.2 Å². The van der Waals surface area contributed by atoms with Gasteiger partial charge in [-0.25, -0.2) is 18.7 Å². The molecule has 162 valence electrons. The summed E-state index contributed by atoms with van der Waals surface area (Å²) < 4.78 is 27.8. The minimum atomic E-state index is -0.569. The minimum absolute atomic E-state index is 0.0247. The molecule has 1 saturated heterocycles. The van der Waals surface area contributed by atoms with E-state index in [2.05, 4.69) is 32.4 Å². The van der Waals surface area contributed by atoms with Crippen LogP contribution in [0, 0.1) is 30.4 Å². The molecule has 0 aliphatic carbocycles. The molecule has 0 bridgehead atoms. The lowest BCUT2D eigenvalue weighted by Crippen LogP contribution is -2.44. The number of halogens is 2. The predicted octanol–water partition coefficient (Wildman–Crippen LogP) is 2.54. The second-order valence-corrected chi connectivity index (χ2v) is 7.74. The lowest BCUT2D eigenvalue weighted by Gasteiger charge is -2.37. The number of amides is 1. The molecule has 0 spiro atoms. The van der Waals surface area contributed by atoms with E-state index in [9.17, 15) is 13.6 Å². The molecule has 2 aromatic heterocycles. The first kappa shape index (κ1) is 20.8. The summed E-state index contributed by atoms with van der Waals surface area (Å²) >= 11 is 0. The maximum atomic E-state index is 14.4. The third kappa shape index (κ3) is 4.37. The first-order valence-electron chi connectivity index (χ1n) is 10.1. The van der Waals surface area contributed by atoms with E-state index in [0.717, 1.165) is 11.2 Å². The predicted molar refractivity (Wildman–Crippen MR) is 110 cm³/mol. The zero-order chi connectivity index (χ0) is 22.0. The topological polar surface area (TPSA) is 88.8 Å². The number of piperidine rings is 1. The van der Waals surface area contributed by atoms with Gasteiger partial charge in [0, 0.05) is 19.6 Å². The lowest BCUT2D eigenvalue weighted by molar-refractivity contribution is 0.0938. The molecule has 1 N–H and O–H groups in total. The molecule has 2 unspecified atom stereocenters. The average molecular weight is 427 g/mol. The summed E-state index contributed by atoms with van der Waals surface area (Å²) in [5.74, 6) is -0.357. The molecule has 0 saturated carbocycles.